The van der Waals surface area contributed by atoms with Gasteiger partial charge in [-0.3, -0.25) is 4.79 Å². The Hall–Kier alpha value is -2.00. The summed E-state index contributed by atoms with van der Waals surface area (Å²) in [6.07, 6.45) is 0.114. The van der Waals surface area contributed by atoms with Gasteiger partial charge >= 0.3 is 0 Å². The second-order valence-electron chi connectivity index (χ2n) is 5.63. The zero-order chi connectivity index (χ0) is 16.8. The molecule has 23 heavy (non-hydrogen) atoms. The molecule has 0 radical (unpaired) electrons. The second-order valence-corrected chi connectivity index (χ2v) is 6.06. The van der Waals surface area contributed by atoms with Crippen LogP contribution >= 0.6 is 11.6 Å². The highest BCUT2D eigenvalue weighted by Gasteiger charge is 2.18. The van der Waals surface area contributed by atoms with Crippen LogP contribution in [0.4, 0.5) is 0 Å². The van der Waals surface area contributed by atoms with Crippen LogP contribution in [0, 0.1) is 13.8 Å². The molecule has 1 amide bonds. The SMILES string of the molecule is CC[C@@H](Oc1ccc(C)cc1C)C(=O)NCc1ccc(Cl)cc1. The summed E-state index contributed by atoms with van der Waals surface area (Å²) in [6.45, 7) is 6.42. The van der Waals surface area contributed by atoms with Crippen molar-refractivity contribution in [2.24, 2.45) is 0 Å². The first-order chi connectivity index (χ1) is 11.0. The van der Waals surface area contributed by atoms with Crippen LogP contribution in [0.2, 0.25) is 5.02 Å². The summed E-state index contributed by atoms with van der Waals surface area (Å²) in [5.41, 5.74) is 3.22. The van der Waals surface area contributed by atoms with E-state index < -0.39 is 6.10 Å². The van der Waals surface area contributed by atoms with Gasteiger partial charge in [0.25, 0.3) is 5.91 Å². The third kappa shape index (κ3) is 5.00. The first-order valence-corrected chi connectivity index (χ1v) is 8.13. The van der Waals surface area contributed by atoms with E-state index >= 15 is 0 Å². The largest absolute Gasteiger partial charge is 0.480 e. The lowest BCUT2D eigenvalue weighted by molar-refractivity contribution is -0.128. The highest BCUT2D eigenvalue weighted by molar-refractivity contribution is 6.30. The standard InChI is InChI=1S/C19H22ClNO2/c1-4-17(23-18-10-5-13(2)11-14(18)3)19(22)21-12-15-6-8-16(20)9-7-15/h5-11,17H,4,12H2,1-3H3,(H,21,22)/t17-/m1/s1. The number of halogens is 1. The number of amides is 1. The number of carbonyl (C=O) groups excluding carboxylic acids is 1. The molecular weight excluding hydrogens is 310 g/mol. The second kappa shape index (κ2) is 8.02. The Kier molecular flexibility index (Phi) is 6.05. The van der Waals surface area contributed by atoms with Crippen molar-refractivity contribution >= 4 is 17.5 Å². The molecule has 0 heterocycles. The molecular formula is C19H22ClNO2. The summed E-state index contributed by atoms with van der Waals surface area (Å²) < 4.78 is 5.89. The highest BCUT2D eigenvalue weighted by atomic mass is 35.5. The van der Waals surface area contributed by atoms with Crippen LogP contribution in [-0.4, -0.2) is 12.0 Å². The van der Waals surface area contributed by atoms with E-state index in [1.807, 2.05) is 63.2 Å². The lowest BCUT2D eigenvalue weighted by atomic mass is 10.1. The van der Waals surface area contributed by atoms with Gasteiger partial charge in [-0.25, -0.2) is 0 Å². The number of hydrogen-bond acceptors (Lipinski definition) is 2. The van der Waals surface area contributed by atoms with Crippen LogP contribution in [-0.2, 0) is 11.3 Å². The molecule has 122 valence electrons. The van der Waals surface area contributed by atoms with Gasteiger partial charge < -0.3 is 10.1 Å². The third-order valence-corrected chi connectivity index (χ3v) is 3.89. The Labute approximate surface area is 142 Å². The van der Waals surface area contributed by atoms with Gasteiger partial charge in [0.1, 0.15) is 5.75 Å². The van der Waals surface area contributed by atoms with Crippen LogP contribution in [0.25, 0.3) is 0 Å². The van der Waals surface area contributed by atoms with E-state index in [2.05, 4.69) is 5.32 Å². The smallest absolute Gasteiger partial charge is 0.261 e. The summed E-state index contributed by atoms with van der Waals surface area (Å²) in [5.74, 6) is 0.645. The van der Waals surface area contributed by atoms with Crippen molar-refractivity contribution in [2.75, 3.05) is 0 Å². The number of hydrogen-bond donors (Lipinski definition) is 1. The molecule has 0 spiro atoms. The molecule has 0 aliphatic heterocycles. The normalized spacial score (nSPS) is 11.8. The van der Waals surface area contributed by atoms with Crippen molar-refractivity contribution < 1.29 is 9.53 Å². The predicted molar refractivity (Wildman–Crippen MR) is 93.9 cm³/mol. The Balaban J connectivity index is 1.96. The fraction of sp³-hybridized carbons (Fsp3) is 0.316. The molecule has 0 saturated heterocycles. The lowest BCUT2D eigenvalue weighted by Crippen LogP contribution is -2.37. The van der Waals surface area contributed by atoms with E-state index in [-0.39, 0.29) is 5.91 Å². The van der Waals surface area contributed by atoms with Crippen LogP contribution in [0.3, 0.4) is 0 Å². The molecule has 0 fully saturated rings. The molecule has 0 aliphatic carbocycles. The molecule has 2 aromatic rings. The van der Waals surface area contributed by atoms with E-state index in [0.717, 1.165) is 16.9 Å². The Morgan fingerprint density at radius 1 is 1.17 bits per heavy atom. The van der Waals surface area contributed by atoms with E-state index in [1.54, 1.807) is 0 Å². The van der Waals surface area contributed by atoms with Crippen molar-refractivity contribution in [3.8, 4) is 5.75 Å². The van der Waals surface area contributed by atoms with Gasteiger partial charge in [0, 0.05) is 11.6 Å². The topological polar surface area (TPSA) is 38.3 Å². The van der Waals surface area contributed by atoms with E-state index in [1.165, 1.54) is 5.56 Å². The Morgan fingerprint density at radius 2 is 1.87 bits per heavy atom. The van der Waals surface area contributed by atoms with Gasteiger partial charge in [0.2, 0.25) is 0 Å². The van der Waals surface area contributed by atoms with Crippen molar-refractivity contribution in [1.82, 2.24) is 5.32 Å². The van der Waals surface area contributed by atoms with Crippen molar-refractivity contribution in [2.45, 2.75) is 39.8 Å². The molecule has 0 aromatic heterocycles. The van der Waals surface area contributed by atoms with Crippen molar-refractivity contribution in [3.05, 3.63) is 64.2 Å². The number of ether oxygens (including phenoxy) is 1. The third-order valence-electron chi connectivity index (χ3n) is 3.64. The van der Waals surface area contributed by atoms with Gasteiger partial charge in [0.05, 0.1) is 0 Å². The summed E-state index contributed by atoms with van der Waals surface area (Å²) >= 11 is 5.86. The van der Waals surface area contributed by atoms with Crippen LogP contribution in [0.5, 0.6) is 5.75 Å². The molecule has 2 aromatic carbocycles. The van der Waals surface area contributed by atoms with Gasteiger partial charge in [0.15, 0.2) is 6.10 Å². The molecule has 0 saturated carbocycles. The van der Waals surface area contributed by atoms with Crippen molar-refractivity contribution in [3.63, 3.8) is 0 Å². The van der Waals surface area contributed by atoms with E-state index in [4.69, 9.17) is 16.3 Å². The highest BCUT2D eigenvalue weighted by Crippen LogP contribution is 2.21. The van der Waals surface area contributed by atoms with Gasteiger partial charge in [-0.05, 0) is 49.6 Å². The summed E-state index contributed by atoms with van der Waals surface area (Å²) in [5, 5.41) is 3.60. The Morgan fingerprint density at radius 3 is 2.48 bits per heavy atom. The summed E-state index contributed by atoms with van der Waals surface area (Å²) in [4.78, 5) is 12.3. The zero-order valence-corrected chi connectivity index (χ0v) is 14.5. The summed E-state index contributed by atoms with van der Waals surface area (Å²) in [7, 11) is 0. The lowest BCUT2D eigenvalue weighted by Gasteiger charge is -2.19. The zero-order valence-electron chi connectivity index (χ0n) is 13.7. The van der Waals surface area contributed by atoms with E-state index in [9.17, 15) is 4.79 Å². The quantitative estimate of drug-likeness (QED) is 0.850. The first kappa shape index (κ1) is 17.4. The number of carbonyl (C=O) groups is 1. The number of benzene rings is 2. The van der Waals surface area contributed by atoms with Gasteiger partial charge in [-0.15, -0.1) is 0 Å². The van der Waals surface area contributed by atoms with Crippen LogP contribution < -0.4 is 10.1 Å². The monoisotopic (exact) mass is 331 g/mol. The molecule has 1 atom stereocenters. The maximum absolute atomic E-state index is 12.3. The van der Waals surface area contributed by atoms with Crippen LogP contribution in [0.15, 0.2) is 42.5 Å². The van der Waals surface area contributed by atoms with E-state index in [0.29, 0.717) is 18.0 Å². The van der Waals surface area contributed by atoms with Gasteiger partial charge in [-0.1, -0.05) is 48.4 Å². The van der Waals surface area contributed by atoms with Crippen molar-refractivity contribution in [1.29, 1.82) is 0 Å². The molecule has 4 heteroatoms. The van der Waals surface area contributed by atoms with Crippen LogP contribution in [0.1, 0.15) is 30.0 Å². The fourth-order valence-corrected chi connectivity index (χ4v) is 2.44. The molecule has 3 nitrogen and oxygen atoms in total. The van der Waals surface area contributed by atoms with Gasteiger partial charge in [-0.2, -0.15) is 0 Å². The summed E-state index contributed by atoms with van der Waals surface area (Å²) in [6, 6.07) is 13.4. The fourth-order valence-electron chi connectivity index (χ4n) is 2.31. The molecule has 0 bridgehead atoms. The number of rotatable bonds is 6. The maximum Gasteiger partial charge on any atom is 0.261 e. The Bertz CT molecular complexity index is 668. The minimum atomic E-state index is -0.497. The average Bonchev–Trinajstić information content (AvgIpc) is 2.53. The molecule has 0 aliphatic rings. The molecule has 2 rings (SSSR count). The first-order valence-electron chi connectivity index (χ1n) is 7.75. The predicted octanol–water partition coefficient (Wildman–Crippen LogP) is 4.43. The number of nitrogens with one attached hydrogen (secondary N) is 1. The average molecular weight is 332 g/mol. The molecule has 1 N–H and O–H groups in total. The number of aryl methyl sites for hydroxylation is 2. The minimum absolute atomic E-state index is 0.109. The molecule has 0 unspecified atom stereocenters. The minimum Gasteiger partial charge on any atom is -0.480 e. The maximum atomic E-state index is 12.3.